The Bertz CT molecular complexity index is 680. The molecule has 1 N–H and O–H groups in total. The summed E-state index contributed by atoms with van der Waals surface area (Å²) in [6.07, 6.45) is 6.22. The average molecular weight is 386 g/mol. The highest BCUT2D eigenvalue weighted by Gasteiger charge is 2.31. The van der Waals surface area contributed by atoms with Crippen LogP contribution in [0, 0.1) is 0 Å². The van der Waals surface area contributed by atoms with Gasteiger partial charge in [0.1, 0.15) is 0 Å². The van der Waals surface area contributed by atoms with Gasteiger partial charge in [0.25, 0.3) is 0 Å². The fourth-order valence-electron chi connectivity index (χ4n) is 5.06. The van der Waals surface area contributed by atoms with Crippen molar-refractivity contribution >= 4 is 17.3 Å². The molecule has 1 aromatic rings. The number of anilines is 2. The van der Waals surface area contributed by atoms with E-state index in [-0.39, 0.29) is 11.5 Å². The number of hydrogen-bond acceptors (Lipinski definition) is 4. The van der Waals surface area contributed by atoms with E-state index in [2.05, 4.69) is 55.3 Å². The molecule has 0 spiro atoms. The van der Waals surface area contributed by atoms with Crippen LogP contribution in [0.3, 0.4) is 0 Å². The van der Waals surface area contributed by atoms with Crippen molar-refractivity contribution in [2.45, 2.75) is 83.0 Å². The number of carbonyl (C=O) groups is 1. The van der Waals surface area contributed by atoms with Crippen molar-refractivity contribution in [3.63, 3.8) is 0 Å². The van der Waals surface area contributed by atoms with Crippen LogP contribution < -0.4 is 15.1 Å². The molecule has 1 amide bonds. The van der Waals surface area contributed by atoms with Crippen LogP contribution in [-0.4, -0.2) is 49.3 Å². The molecule has 0 aromatic heterocycles. The molecule has 5 nitrogen and oxygen atoms in total. The van der Waals surface area contributed by atoms with Crippen LogP contribution in [0.25, 0.3) is 0 Å². The van der Waals surface area contributed by atoms with Gasteiger partial charge in [0.2, 0.25) is 5.91 Å². The summed E-state index contributed by atoms with van der Waals surface area (Å²) in [5.41, 5.74) is 2.32. The third-order valence-corrected chi connectivity index (χ3v) is 6.64. The van der Waals surface area contributed by atoms with E-state index in [1.165, 1.54) is 18.5 Å². The normalized spacial score (nSPS) is 28.8. The summed E-state index contributed by atoms with van der Waals surface area (Å²) in [5, 5.41) is 3.89. The van der Waals surface area contributed by atoms with Gasteiger partial charge < -0.3 is 19.9 Å². The molecule has 4 rings (SSSR count). The molecule has 2 atom stereocenters. The molecular weight excluding hydrogens is 350 g/mol. The average Bonchev–Trinajstić information content (AvgIpc) is 3.00. The second-order valence-electron chi connectivity index (χ2n) is 9.39. The highest BCUT2D eigenvalue weighted by molar-refractivity contribution is 5.96. The Balaban J connectivity index is 1.30. The summed E-state index contributed by atoms with van der Waals surface area (Å²) in [6.45, 7) is 9.57. The molecule has 1 aromatic carbocycles. The van der Waals surface area contributed by atoms with Gasteiger partial charge in [0, 0.05) is 55.6 Å². The van der Waals surface area contributed by atoms with Gasteiger partial charge in [-0.1, -0.05) is 0 Å². The van der Waals surface area contributed by atoms with Gasteiger partial charge in [0.05, 0.1) is 5.60 Å². The molecule has 3 aliphatic heterocycles. The molecule has 28 heavy (non-hydrogen) atoms. The standard InChI is InChI=1S/C23H35N3O2/c1-17-4-9-22(27)26(17)21-7-5-20(6-8-21)25-13-10-18(11-14-25)24-19-12-15-28-23(2,3)16-19/h5-8,17-19,24H,4,9-16H2,1-3H3. The molecule has 3 fully saturated rings. The largest absolute Gasteiger partial charge is 0.375 e. The van der Waals surface area contributed by atoms with E-state index in [1.807, 2.05) is 4.90 Å². The zero-order valence-corrected chi connectivity index (χ0v) is 17.6. The highest BCUT2D eigenvalue weighted by Crippen LogP contribution is 2.30. The van der Waals surface area contributed by atoms with E-state index in [1.54, 1.807) is 0 Å². The van der Waals surface area contributed by atoms with Crippen LogP contribution in [0.4, 0.5) is 11.4 Å². The Morgan fingerprint density at radius 2 is 1.68 bits per heavy atom. The lowest BCUT2D eigenvalue weighted by Gasteiger charge is -2.40. The predicted octanol–water partition coefficient (Wildman–Crippen LogP) is 3.72. The fourth-order valence-corrected chi connectivity index (χ4v) is 5.06. The van der Waals surface area contributed by atoms with Crippen LogP contribution in [-0.2, 0) is 9.53 Å². The first-order valence-electron chi connectivity index (χ1n) is 11.0. The summed E-state index contributed by atoms with van der Waals surface area (Å²) in [5.74, 6) is 0.253. The monoisotopic (exact) mass is 385 g/mol. The van der Waals surface area contributed by atoms with Gasteiger partial charge in [-0.15, -0.1) is 0 Å². The van der Waals surface area contributed by atoms with Gasteiger partial charge >= 0.3 is 0 Å². The van der Waals surface area contributed by atoms with Gasteiger partial charge in [-0.25, -0.2) is 0 Å². The van der Waals surface area contributed by atoms with Gasteiger partial charge in [-0.3, -0.25) is 4.79 Å². The van der Waals surface area contributed by atoms with Crippen molar-refractivity contribution in [1.82, 2.24) is 5.32 Å². The third kappa shape index (κ3) is 4.36. The number of piperidine rings is 1. The van der Waals surface area contributed by atoms with Crippen molar-refractivity contribution < 1.29 is 9.53 Å². The Labute approximate surface area is 169 Å². The lowest BCUT2D eigenvalue weighted by molar-refractivity contribution is -0.117. The second kappa shape index (κ2) is 8.03. The first kappa shape index (κ1) is 19.7. The number of nitrogens with one attached hydrogen (secondary N) is 1. The van der Waals surface area contributed by atoms with Crippen molar-refractivity contribution in [2.24, 2.45) is 0 Å². The minimum atomic E-state index is 0.00653. The first-order valence-corrected chi connectivity index (χ1v) is 11.0. The van der Waals surface area contributed by atoms with Crippen LogP contribution >= 0.6 is 0 Å². The molecule has 0 saturated carbocycles. The molecule has 3 aliphatic rings. The molecule has 0 bridgehead atoms. The molecule has 3 saturated heterocycles. The minimum absolute atomic E-state index is 0.00653. The number of hydrogen-bond donors (Lipinski definition) is 1. The summed E-state index contributed by atoms with van der Waals surface area (Å²) < 4.78 is 5.85. The number of ether oxygens (including phenoxy) is 1. The number of amides is 1. The highest BCUT2D eigenvalue weighted by atomic mass is 16.5. The lowest BCUT2D eigenvalue weighted by atomic mass is 9.92. The number of benzene rings is 1. The second-order valence-corrected chi connectivity index (χ2v) is 9.39. The fraction of sp³-hybridized carbons (Fsp3) is 0.696. The Kier molecular flexibility index (Phi) is 5.66. The van der Waals surface area contributed by atoms with Crippen LogP contribution in [0.15, 0.2) is 24.3 Å². The van der Waals surface area contributed by atoms with Crippen molar-refractivity contribution in [2.75, 3.05) is 29.5 Å². The topological polar surface area (TPSA) is 44.8 Å². The van der Waals surface area contributed by atoms with Gasteiger partial charge in [-0.05, 0) is 77.1 Å². The maximum atomic E-state index is 12.1. The Morgan fingerprint density at radius 1 is 1.00 bits per heavy atom. The quantitative estimate of drug-likeness (QED) is 0.858. The molecular formula is C23H35N3O2. The first-order chi connectivity index (χ1) is 13.4. The molecule has 5 heteroatoms. The van der Waals surface area contributed by atoms with Crippen LogP contribution in [0.1, 0.15) is 59.3 Å². The molecule has 2 unspecified atom stereocenters. The summed E-state index contributed by atoms with van der Waals surface area (Å²) in [6, 6.07) is 10.1. The zero-order chi connectivity index (χ0) is 19.7. The third-order valence-electron chi connectivity index (χ3n) is 6.64. The SMILES string of the molecule is CC1CCC(=O)N1c1ccc(N2CCC(NC3CCOC(C)(C)C3)CC2)cc1. The lowest BCUT2D eigenvalue weighted by Crippen LogP contribution is -2.50. The number of nitrogens with zero attached hydrogens (tertiary/aromatic N) is 2. The summed E-state index contributed by atoms with van der Waals surface area (Å²) in [7, 11) is 0. The van der Waals surface area contributed by atoms with Crippen molar-refractivity contribution in [1.29, 1.82) is 0 Å². The van der Waals surface area contributed by atoms with Crippen molar-refractivity contribution in [3.8, 4) is 0 Å². The van der Waals surface area contributed by atoms with E-state index in [4.69, 9.17) is 4.74 Å². The van der Waals surface area contributed by atoms with E-state index < -0.39 is 0 Å². The summed E-state index contributed by atoms with van der Waals surface area (Å²) >= 11 is 0. The van der Waals surface area contributed by atoms with E-state index >= 15 is 0 Å². The zero-order valence-electron chi connectivity index (χ0n) is 17.6. The number of rotatable bonds is 4. The Morgan fingerprint density at radius 3 is 2.29 bits per heavy atom. The van der Waals surface area contributed by atoms with Crippen LogP contribution in [0.2, 0.25) is 0 Å². The smallest absolute Gasteiger partial charge is 0.227 e. The molecule has 0 radical (unpaired) electrons. The maximum absolute atomic E-state index is 12.1. The van der Waals surface area contributed by atoms with E-state index in [9.17, 15) is 4.79 Å². The van der Waals surface area contributed by atoms with Crippen molar-refractivity contribution in [3.05, 3.63) is 24.3 Å². The number of carbonyl (C=O) groups excluding carboxylic acids is 1. The van der Waals surface area contributed by atoms with Gasteiger partial charge in [-0.2, -0.15) is 0 Å². The maximum Gasteiger partial charge on any atom is 0.227 e. The minimum Gasteiger partial charge on any atom is -0.375 e. The predicted molar refractivity (Wildman–Crippen MR) is 114 cm³/mol. The Hall–Kier alpha value is -1.59. The van der Waals surface area contributed by atoms with E-state index in [0.717, 1.165) is 44.6 Å². The summed E-state index contributed by atoms with van der Waals surface area (Å²) in [4.78, 5) is 16.5. The molecule has 0 aliphatic carbocycles. The van der Waals surface area contributed by atoms with Crippen LogP contribution in [0.5, 0.6) is 0 Å². The van der Waals surface area contributed by atoms with E-state index in [0.29, 0.717) is 24.5 Å². The van der Waals surface area contributed by atoms with Gasteiger partial charge in [0.15, 0.2) is 0 Å². The molecule has 3 heterocycles. The molecule has 154 valence electrons.